The number of hydrogen-bond acceptors (Lipinski definition) is 5. The van der Waals surface area contributed by atoms with E-state index in [1.807, 2.05) is 12.1 Å². The fourth-order valence-electron chi connectivity index (χ4n) is 2.82. The maximum Gasteiger partial charge on any atom is 0.253 e. The molecule has 0 aliphatic carbocycles. The van der Waals surface area contributed by atoms with Gasteiger partial charge in [-0.2, -0.15) is 0 Å². The number of amides is 1. The first kappa shape index (κ1) is 17.1. The number of benzene rings is 1. The smallest absolute Gasteiger partial charge is 0.253 e. The fraction of sp³-hybridized carbons (Fsp3) is 0.400. The summed E-state index contributed by atoms with van der Waals surface area (Å²) in [4.78, 5) is 14.2. The van der Waals surface area contributed by atoms with Gasteiger partial charge in [-0.25, -0.2) is 8.42 Å². The highest BCUT2D eigenvalue weighted by molar-refractivity contribution is 9.10. The van der Waals surface area contributed by atoms with Crippen LogP contribution in [0.4, 0.5) is 0 Å². The van der Waals surface area contributed by atoms with E-state index in [2.05, 4.69) is 26.1 Å². The summed E-state index contributed by atoms with van der Waals surface area (Å²) in [7, 11) is -1.91. The summed E-state index contributed by atoms with van der Waals surface area (Å²) >= 11 is 3.34. The van der Waals surface area contributed by atoms with Crippen molar-refractivity contribution in [3.05, 3.63) is 40.6 Å². The van der Waals surface area contributed by atoms with Gasteiger partial charge in [0.2, 0.25) is 15.0 Å². The number of nitrogens with zero attached hydrogens (tertiary/aromatic N) is 4. The van der Waals surface area contributed by atoms with Crippen LogP contribution < -0.4 is 0 Å². The Kier molecular flexibility index (Phi) is 4.73. The highest BCUT2D eigenvalue weighted by Gasteiger charge is 2.35. The van der Waals surface area contributed by atoms with Gasteiger partial charge in [-0.05, 0) is 37.1 Å². The van der Waals surface area contributed by atoms with Gasteiger partial charge in [0.05, 0.1) is 5.25 Å². The highest BCUT2D eigenvalue weighted by Crippen LogP contribution is 2.24. The zero-order valence-corrected chi connectivity index (χ0v) is 15.5. The lowest BCUT2D eigenvalue weighted by Crippen LogP contribution is -2.42. The molecular formula is C15H17BrN4O3S. The molecule has 1 aromatic carbocycles. The van der Waals surface area contributed by atoms with Crippen LogP contribution in [0, 0.1) is 0 Å². The van der Waals surface area contributed by atoms with Crippen molar-refractivity contribution in [2.24, 2.45) is 7.05 Å². The molecule has 1 saturated heterocycles. The van der Waals surface area contributed by atoms with Gasteiger partial charge in [0.15, 0.2) is 0 Å². The maximum absolute atomic E-state index is 12.6. The Hall–Kier alpha value is -1.74. The second kappa shape index (κ2) is 6.64. The van der Waals surface area contributed by atoms with Crippen molar-refractivity contribution in [2.75, 3.05) is 13.1 Å². The number of rotatable bonds is 3. The van der Waals surface area contributed by atoms with Crippen molar-refractivity contribution in [1.82, 2.24) is 19.7 Å². The molecular weight excluding hydrogens is 396 g/mol. The Morgan fingerprint density at radius 3 is 2.38 bits per heavy atom. The third kappa shape index (κ3) is 3.23. The molecule has 1 aliphatic rings. The van der Waals surface area contributed by atoms with Crippen LogP contribution in [0.2, 0.25) is 0 Å². The summed E-state index contributed by atoms with van der Waals surface area (Å²) < 4.78 is 27.6. The van der Waals surface area contributed by atoms with E-state index in [-0.39, 0.29) is 11.1 Å². The van der Waals surface area contributed by atoms with Crippen molar-refractivity contribution < 1.29 is 13.2 Å². The lowest BCUT2D eigenvalue weighted by atomic mass is 10.1. The van der Waals surface area contributed by atoms with Crippen LogP contribution in [-0.2, 0) is 16.9 Å². The number of piperidine rings is 1. The molecule has 0 N–H and O–H groups in total. The van der Waals surface area contributed by atoms with E-state index < -0.39 is 15.1 Å². The molecule has 0 atom stereocenters. The molecule has 1 fully saturated rings. The van der Waals surface area contributed by atoms with Gasteiger partial charge in [0, 0.05) is 30.2 Å². The average molecular weight is 413 g/mol. The van der Waals surface area contributed by atoms with Crippen molar-refractivity contribution in [3.63, 3.8) is 0 Å². The first-order valence-corrected chi connectivity index (χ1v) is 9.86. The molecule has 7 nitrogen and oxygen atoms in total. The molecule has 24 heavy (non-hydrogen) atoms. The van der Waals surface area contributed by atoms with Crippen LogP contribution in [-0.4, -0.2) is 52.3 Å². The normalized spacial score (nSPS) is 16.3. The van der Waals surface area contributed by atoms with Crippen LogP contribution in [0.25, 0.3) is 0 Å². The number of aromatic nitrogens is 3. The van der Waals surface area contributed by atoms with Crippen molar-refractivity contribution in [1.29, 1.82) is 0 Å². The number of carbonyl (C=O) groups is 1. The Balaban J connectivity index is 1.69. The number of likely N-dealkylation sites (tertiary alicyclic amines) is 1. The third-order valence-corrected chi connectivity index (χ3v) is 6.94. The second-order valence-electron chi connectivity index (χ2n) is 5.77. The molecule has 0 unspecified atom stereocenters. The summed E-state index contributed by atoms with van der Waals surface area (Å²) in [6.45, 7) is 0.827. The molecule has 0 radical (unpaired) electrons. The number of sulfone groups is 1. The SMILES string of the molecule is Cn1cnnc1S(=O)(=O)C1CCN(C(=O)c2ccc(Br)cc2)CC1. The molecule has 0 spiro atoms. The molecule has 2 heterocycles. The topological polar surface area (TPSA) is 85.2 Å². The molecule has 9 heteroatoms. The van der Waals surface area contributed by atoms with E-state index in [4.69, 9.17) is 0 Å². The van der Waals surface area contributed by atoms with Gasteiger partial charge in [0.25, 0.3) is 5.91 Å². The van der Waals surface area contributed by atoms with Gasteiger partial charge < -0.3 is 9.47 Å². The minimum absolute atomic E-state index is 0.0137. The maximum atomic E-state index is 12.6. The van der Waals surface area contributed by atoms with E-state index in [1.165, 1.54) is 10.9 Å². The second-order valence-corrected chi connectivity index (χ2v) is 8.81. The fourth-order valence-corrected chi connectivity index (χ4v) is 4.83. The molecule has 1 aromatic heterocycles. The first-order valence-electron chi connectivity index (χ1n) is 7.52. The molecule has 3 rings (SSSR count). The van der Waals surface area contributed by atoms with Crippen molar-refractivity contribution in [3.8, 4) is 0 Å². The van der Waals surface area contributed by atoms with Gasteiger partial charge in [-0.1, -0.05) is 15.9 Å². The summed E-state index contributed by atoms with van der Waals surface area (Å²) in [5.41, 5.74) is 0.604. The zero-order valence-electron chi connectivity index (χ0n) is 13.1. The lowest BCUT2D eigenvalue weighted by Gasteiger charge is -2.31. The quantitative estimate of drug-likeness (QED) is 0.764. The predicted molar refractivity (Wildman–Crippen MR) is 91.3 cm³/mol. The number of carbonyl (C=O) groups excluding carboxylic acids is 1. The summed E-state index contributed by atoms with van der Waals surface area (Å²) in [5.74, 6) is -0.0722. The standard InChI is InChI=1S/C15H17BrN4O3S/c1-19-10-17-18-15(19)24(22,23)13-6-8-20(9-7-13)14(21)11-2-4-12(16)5-3-11/h2-5,10,13H,6-9H2,1H3. The van der Waals surface area contributed by atoms with E-state index in [1.54, 1.807) is 24.1 Å². The highest BCUT2D eigenvalue weighted by atomic mass is 79.9. The van der Waals surface area contributed by atoms with Gasteiger partial charge in [-0.15, -0.1) is 10.2 Å². The van der Waals surface area contributed by atoms with Gasteiger partial charge >= 0.3 is 0 Å². The number of hydrogen-bond donors (Lipinski definition) is 0. The molecule has 0 saturated carbocycles. The minimum atomic E-state index is -3.52. The number of aryl methyl sites for hydroxylation is 1. The summed E-state index contributed by atoms with van der Waals surface area (Å²) in [6.07, 6.45) is 2.17. The Labute approximate surface area is 148 Å². The number of halogens is 1. The zero-order chi connectivity index (χ0) is 17.3. The van der Waals surface area contributed by atoms with Crippen molar-refractivity contribution >= 4 is 31.7 Å². The van der Waals surface area contributed by atoms with Crippen LogP contribution in [0.5, 0.6) is 0 Å². The van der Waals surface area contributed by atoms with E-state index in [9.17, 15) is 13.2 Å². The summed E-state index contributed by atoms with van der Waals surface area (Å²) in [5, 5.41) is 6.80. The molecule has 128 valence electrons. The van der Waals surface area contributed by atoms with Crippen LogP contribution >= 0.6 is 15.9 Å². The van der Waals surface area contributed by atoms with E-state index in [0.717, 1.165) is 4.47 Å². The van der Waals surface area contributed by atoms with E-state index in [0.29, 0.717) is 31.5 Å². The van der Waals surface area contributed by atoms with Crippen molar-refractivity contribution in [2.45, 2.75) is 23.2 Å². The minimum Gasteiger partial charge on any atom is -0.339 e. The lowest BCUT2D eigenvalue weighted by molar-refractivity contribution is 0.0725. The Morgan fingerprint density at radius 1 is 1.21 bits per heavy atom. The average Bonchev–Trinajstić information content (AvgIpc) is 3.02. The molecule has 1 amide bonds. The van der Waals surface area contributed by atoms with Gasteiger partial charge in [-0.3, -0.25) is 4.79 Å². The van der Waals surface area contributed by atoms with E-state index >= 15 is 0 Å². The van der Waals surface area contributed by atoms with Gasteiger partial charge in [0.1, 0.15) is 6.33 Å². The third-order valence-electron chi connectivity index (χ3n) is 4.18. The summed E-state index contributed by atoms with van der Waals surface area (Å²) in [6, 6.07) is 7.15. The first-order chi connectivity index (χ1) is 11.4. The largest absolute Gasteiger partial charge is 0.339 e. The monoisotopic (exact) mass is 412 g/mol. The Morgan fingerprint density at radius 2 is 1.83 bits per heavy atom. The molecule has 0 bridgehead atoms. The van der Waals surface area contributed by atoms with Crippen LogP contribution in [0.15, 0.2) is 40.2 Å². The predicted octanol–water partition coefficient (Wildman–Crippen LogP) is 1.66. The van der Waals surface area contributed by atoms with Crippen LogP contribution in [0.3, 0.4) is 0 Å². The molecule has 1 aliphatic heterocycles. The molecule has 2 aromatic rings. The Bertz CT molecular complexity index is 840. The van der Waals surface area contributed by atoms with Crippen LogP contribution in [0.1, 0.15) is 23.2 Å².